The van der Waals surface area contributed by atoms with Crippen LogP contribution in [0.25, 0.3) is 0 Å². The molecule has 0 heterocycles. The summed E-state index contributed by atoms with van der Waals surface area (Å²) in [6.07, 6.45) is 0. The predicted molar refractivity (Wildman–Crippen MR) is 98.9 cm³/mol. The SMILES string of the molecule is COc1cc(Cl)c(C)cc1NC(=O)CN(Cc1ccc(F)cc1)C(C)=O. The first-order chi connectivity index (χ1) is 12.3. The van der Waals surface area contributed by atoms with Gasteiger partial charge >= 0.3 is 0 Å². The first-order valence-corrected chi connectivity index (χ1v) is 8.32. The van der Waals surface area contributed by atoms with Crippen LogP contribution in [0, 0.1) is 12.7 Å². The van der Waals surface area contributed by atoms with Crippen molar-refractivity contribution in [1.29, 1.82) is 0 Å². The van der Waals surface area contributed by atoms with Crippen molar-refractivity contribution in [3.8, 4) is 5.75 Å². The zero-order valence-electron chi connectivity index (χ0n) is 14.8. The van der Waals surface area contributed by atoms with E-state index in [0.717, 1.165) is 11.1 Å². The third-order valence-corrected chi connectivity index (χ3v) is 4.23. The third-order valence-electron chi connectivity index (χ3n) is 3.82. The zero-order valence-corrected chi connectivity index (χ0v) is 15.6. The van der Waals surface area contributed by atoms with Crippen molar-refractivity contribution < 1.29 is 18.7 Å². The Kier molecular flexibility index (Phi) is 6.58. The number of ether oxygens (including phenoxy) is 1. The molecule has 26 heavy (non-hydrogen) atoms. The smallest absolute Gasteiger partial charge is 0.244 e. The number of methoxy groups -OCH3 is 1. The maximum Gasteiger partial charge on any atom is 0.244 e. The molecule has 1 N–H and O–H groups in total. The number of anilines is 1. The summed E-state index contributed by atoms with van der Waals surface area (Å²) in [6.45, 7) is 3.26. The van der Waals surface area contributed by atoms with E-state index in [9.17, 15) is 14.0 Å². The highest BCUT2D eigenvalue weighted by Crippen LogP contribution is 2.30. The summed E-state index contributed by atoms with van der Waals surface area (Å²) in [4.78, 5) is 25.6. The lowest BCUT2D eigenvalue weighted by molar-refractivity contribution is -0.133. The normalized spacial score (nSPS) is 10.3. The van der Waals surface area contributed by atoms with Gasteiger partial charge < -0.3 is 15.0 Å². The fourth-order valence-electron chi connectivity index (χ4n) is 2.38. The number of amides is 2. The minimum absolute atomic E-state index is 0.141. The second-order valence-electron chi connectivity index (χ2n) is 5.85. The Hall–Kier alpha value is -2.60. The van der Waals surface area contributed by atoms with Gasteiger partial charge in [0.15, 0.2) is 0 Å². The molecule has 0 saturated carbocycles. The fourth-order valence-corrected chi connectivity index (χ4v) is 2.54. The van der Waals surface area contributed by atoms with E-state index in [1.165, 1.54) is 31.1 Å². The summed E-state index contributed by atoms with van der Waals surface area (Å²) in [5.74, 6) is -0.556. The van der Waals surface area contributed by atoms with Crippen molar-refractivity contribution in [2.45, 2.75) is 20.4 Å². The molecule has 138 valence electrons. The highest BCUT2D eigenvalue weighted by atomic mass is 35.5. The van der Waals surface area contributed by atoms with Gasteiger partial charge in [0.05, 0.1) is 12.8 Å². The zero-order chi connectivity index (χ0) is 19.3. The minimum atomic E-state index is -0.373. The van der Waals surface area contributed by atoms with Crippen molar-refractivity contribution in [2.75, 3.05) is 19.0 Å². The highest BCUT2D eigenvalue weighted by molar-refractivity contribution is 6.31. The molecule has 0 aromatic heterocycles. The molecule has 0 radical (unpaired) electrons. The number of nitrogens with one attached hydrogen (secondary N) is 1. The molecule has 0 aliphatic heterocycles. The molecule has 0 aliphatic rings. The molecule has 0 bridgehead atoms. The predicted octanol–water partition coefficient (Wildman–Crippen LogP) is 3.78. The molecule has 5 nitrogen and oxygen atoms in total. The van der Waals surface area contributed by atoms with Crippen molar-refractivity contribution >= 4 is 29.1 Å². The fraction of sp³-hybridized carbons (Fsp3) is 0.263. The van der Waals surface area contributed by atoms with Crippen molar-refractivity contribution in [3.05, 3.63) is 58.4 Å². The van der Waals surface area contributed by atoms with E-state index in [0.29, 0.717) is 16.5 Å². The molecular formula is C19H20ClFN2O3. The van der Waals surface area contributed by atoms with Gasteiger partial charge in [-0.25, -0.2) is 4.39 Å². The van der Waals surface area contributed by atoms with Crippen LogP contribution in [0.5, 0.6) is 5.75 Å². The van der Waals surface area contributed by atoms with E-state index in [1.807, 2.05) is 6.92 Å². The van der Waals surface area contributed by atoms with E-state index in [4.69, 9.17) is 16.3 Å². The van der Waals surface area contributed by atoms with Gasteiger partial charge in [-0.2, -0.15) is 0 Å². The van der Waals surface area contributed by atoms with Gasteiger partial charge in [0.2, 0.25) is 11.8 Å². The molecule has 0 spiro atoms. The van der Waals surface area contributed by atoms with E-state index in [1.54, 1.807) is 24.3 Å². The summed E-state index contributed by atoms with van der Waals surface area (Å²) in [5.41, 5.74) is 2.00. The Morgan fingerprint density at radius 2 is 1.88 bits per heavy atom. The van der Waals surface area contributed by atoms with Gasteiger partial charge in [0.1, 0.15) is 18.1 Å². The summed E-state index contributed by atoms with van der Waals surface area (Å²) in [7, 11) is 1.48. The van der Waals surface area contributed by atoms with Gasteiger partial charge in [0, 0.05) is 24.6 Å². The van der Waals surface area contributed by atoms with Crippen LogP contribution in [-0.4, -0.2) is 30.4 Å². The average Bonchev–Trinajstić information content (AvgIpc) is 2.59. The van der Waals surface area contributed by atoms with Crippen LogP contribution in [0.4, 0.5) is 10.1 Å². The first kappa shape index (κ1) is 19.7. The van der Waals surface area contributed by atoms with Crippen molar-refractivity contribution in [2.24, 2.45) is 0 Å². The summed E-state index contributed by atoms with van der Waals surface area (Å²) in [5, 5.41) is 3.26. The maximum absolute atomic E-state index is 13.0. The van der Waals surface area contributed by atoms with Gasteiger partial charge in [-0.15, -0.1) is 0 Å². The second-order valence-corrected chi connectivity index (χ2v) is 6.26. The number of rotatable bonds is 6. The topological polar surface area (TPSA) is 58.6 Å². The van der Waals surface area contributed by atoms with Gasteiger partial charge in [0.25, 0.3) is 0 Å². The Morgan fingerprint density at radius 3 is 2.46 bits per heavy atom. The number of carbonyl (C=O) groups is 2. The summed E-state index contributed by atoms with van der Waals surface area (Å²) in [6, 6.07) is 9.11. The summed E-state index contributed by atoms with van der Waals surface area (Å²) >= 11 is 6.06. The van der Waals surface area contributed by atoms with Crippen LogP contribution >= 0.6 is 11.6 Å². The van der Waals surface area contributed by atoms with Gasteiger partial charge in [-0.3, -0.25) is 9.59 Å². The number of carbonyl (C=O) groups excluding carboxylic acids is 2. The van der Waals surface area contributed by atoms with Crippen molar-refractivity contribution in [1.82, 2.24) is 4.90 Å². The van der Waals surface area contributed by atoms with Crippen LogP contribution < -0.4 is 10.1 Å². The number of aryl methyl sites for hydroxylation is 1. The number of benzene rings is 2. The molecule has 0 aliphatic carbocycles. The number of nitrogens with zero attached hydrogens (tertiary/aromatic N) is 1. The van der Waals surface area contributed by atoms with Crippen LogP contribution in [-0.2, 0) is 16.1 Å². The largest absolute Gasteiger partial charge is 0.495 e. The Balaban J connectivity index is 2.09. The number of hydrogen-bond donors (Lipinski definition) is 1. The lowest BCUT2D eigenvalue weighted by Gasteiger charge is -2.21. The van der Waals surface area contributed by atoms with E-state index < -0.39 is 0 Å². The molecule has 0 fully saturated rings. The summed E-state index contributed by atoms with van der Waals surface area (Å²) < 4.78 is 18.2. The molecule has 2 amide bonds. The highest BCUT2D eigenvalue weighted by Gasteiger charge is 2.16. The third kappa shape index (κ3) is 5.20. The van der Waals surface area contributed by atoms with E-state index >= 15 is 0 Å². The molecule has 0 atom stereocenters. The Bertz CT molecular complexity index is 809. The standard InChI is InChI=1S/C19H20ClFN2O3/c1-12-8-17(18(26-3)9-16(12)20)22-19(25)11-23(13(2)24)10-14-4-6-15(21)7-5-14/h4-9H,10-11H2,1-3H3,(H,22,25). The molecule has 2 rings (SSSR count). The molecular weight excluding hydrogens is 359 g/mol. The van der Waals surface area contributed by atoms with Crippen LogP contribution in [0.2, 0.25) is 5.02 Å². The molecule has 0 saturated heterocycles. The molecule has 0 unspecified atom stereocenters. The molecule has 2 aromatic rings. The van der Waals surface area contributed by atoms with Crippen LogP contribution in [0.1, 0.15) is 18.1 Å². The van der Waals surface area contributed by atoms with E-state index in [-0.39, 0.29) is 30.7 Å². The average molecular weight is 379 g/mol. The van der Waals surface area contributed by atoms with Crippen molar-refractivity contribution in [3.63, 3.8) is 0 Å². The minimum Gasteiger partial charge on any atom is -0.495 e. The van der Waals surface area contributed by atoms with Gasteiger partial charge in [-0.05, 0) is 36.2 Å². The molecule has 7 heteroatoms. The second kappa shape index (κ2) is 8.67. The number of halogens is 2. The van der Waals surface area contributed by atoms with E-state index in [2.05, 4.69) is 5.32 Å². The quantitative estimate of drug-likeness (QED) is 0.832. The lowest BCUT2D eigenvalue weighted by atomic mass is 10.2. The monoisotopic (exact) mass is 378 g/mol. The first-order valence-electron chi connectivity index (χ1n) is 7.94. The Labute approximate surface area is 156 Å². The lowest BCUT2D eigenvalue weighted by Crippen LogP contribution is -2.36. The van der Waals surface area contributed by atoms with Crippen LogP contribution in [0.15, 0.2) is 36.4 Å². The van der Waals surface area contributed by atoms with Gasteiger partial charge in [-0.1, -0.05) is 23.7 Å². The Morgan fingerprint density at radius 1 is 1.23 bits per heavy atom. The molecule has 2 aromatic carbocycles. The van der Waals surface area contributed by atoms with Crippen LogP contribution in [0.3, 0.4) is 0 Å². The number of hydrogen-bond acceptors (Lipinski definition) is 3. The maximum atomic E-state index is 13.0.